The van der Waals surface area contributed by atoms with Gasteiger partial charge in [0.15, 0.2) is 0 Å². The molecule has 0 bridgehead atoms. The molecular formula is C29H29FN2O4. The minimum Gasteiger partial charge on any atom is -0.449 e. The van der Waals surface area contributed by atoms with E-state index in [2.05, 4.69) is 11.4 Å². The molecular weight excluding hydrogens is 459 g/mol. The SMILES string of the molecule is O=C(N[C@@H]1CC[C@@H]1COC(=O)N1CCc2ccccc2[C@@H]1c1ccc(F)cc1)OCc1ccccc1. The van der Waals surface area contributed by atoms with Gasteiger partial charge in [0, 0.05) is 18.5 Å². The van der Waals surface area contributed by atoms with Crippen LogP contribution in [0.15, 0.2) is 78.9 Å². The Bertz CT molecular complexity index is 1200. The lowest BCUT2D eigenvalue weighted by molar-refractivity contribution is 0.0470. The normalized spacial score (nSPS) is 20.6. The lowest BCUT2D eigenvalue weighted by Crippen LogP contribution is -2.49. The molecule has 36 heavy (non-hydrogen) atoms. The van der Waals surface area contributed by atoms with Crippen LogP contribution < -0.4 is 5.32 Å². The third kappa shape index (κ3) is 5.35. The van der Waals surface area contributed by atoms with Crippen LogP contribution in [0.3, 0.4) is 0 Å². The maximum atomic E-state index is 13.6. The number of rotatable bonds is 6. The Balaban J connectivity index is 1.18. The summed E-state index contributed by atoms with van der Waals surface area (Å²) >= 11 is 0. The van der Waals surface area contributed by atoms with Crippen molar-refractivity contribution in [3.8, 4) is 0 Å². The molecule has 2 aliphatic rings. The molecule has 1 N–H and O–H groups in total. The van der Waals surface area contributed by atoms with Gasteiger partial charge in [-0.05, 0) is 53.6 Å². The van der Waals surface area contributed by atoms with E-state index in [4.69, 9.17) is 9.47 Å². The molecule has 2 amide bonds. The summed E-state index contributed by atoms with van der Waals surface area (Å²) in [6.45, 7) is 0.938. The highest BCUT2D eigenvalue weighted by Crippen LogP contribution is 2.36. The van der Waals surface area contributed by atoms with Gasteiger partial charge in [-0.2, -0.15) is 0 Å². The second-order valence-electron chi connectivity index (χ2n) is 9.32. The number of alkyl carbamates (subject to hydrolysis) is 1. The van der Waals surface area contributed by atoms with E-state index in [-0.39, 0.29) is 37.0 Å². The summed E-state index contributed by atoms with van der Waals surface area (Å²) in [7, 11) is 0. The van der Waals surface area contributed by atoms with Crippen molar-refractivity contribution in [1.29, 1.82) is 0 Å². The smallest absolute Gasteiger partial charge is 0.410 e. The summed E-state index contributed by atoms with van der Waals surface area (Å²) in [5, 5.41) is 2.89. The molecule has 6 nitrogen and oxygen atoms in total. The first-order chi connectivity index (χ1) is 17.6. The monoisotopic (exact) mass is 488 g/mol. The van der Waals surface area contributed by atoms with Crippen LogP contribution in [0.4, 0.5) is 14.0 Å². The van der Waals surface area contributed by atoms with Crippen LogP contribution in [0.25, 0.3) is 0 Å². The molecule has 3 aromatic carbocycles. The Morgan fingerprint density at radius 2 is 1.67 bits per heavy atom. The second kappa shape index (κ2) is 10.8. The van der Waals surface area contributed by atoms with Gasteiger partial charge in [-0.15, -0.1) is 0 Å². The minimum absolute atomic E-state index is 0.0413. The van der Waals surface area contributed by atoms with Crippen LogP contribution in [0.5, 0.6) is 0 Å². The molecule has 0 spiro atoms. The van der Waals surface area contributed by atoms with E-state index in [0.29, 0.717) is 6.54 Å². The largest absolute Gasteiger partial charge is 0.449 e. The lowest BCUT2D eigenvalue weighted by Gasteiger charge is -2.39. The highest BCUT2D eigenvalue weighted by Gasteiger charge is 2.36. The molecule has 0 saturated heterocycles. The van der Waals surface area contributed by atoms with E-state index in [1.165, 1.54) is 17.7 Å². The fraction of sp³-hybridized carbons (Fsp3) is 0.310. The Morgan fingerprint density at radius 3 is 2.42 bits per heavy atom. The molecule has 186 valence electrons. The number of benzene rings is 3. The number of ether oxygens (including phenoxy) is 2. The van der Waals surface area contributed by atoms with Gasteiger partial charge in [0.1, 0.15) is 12.4 Å². The number of carbonyl (C=O) groups is 2. The molecule has 3 atom stereocenters. The van der Waals surface area contributed by atoms with Crippen LogP contribution in [-0.2, 0) is 22.5 Å². The number of nitrogens with zero attached hydrogens (tertiary/aromatic N) is 1. The quantitative estimate of drug-likeness (QED) is 0.489. The molecule has 3 aromatic rings. The van der Waals surface area contributed by atoms with Gasteiger partial charge in [-0.3, -0.25) is 4.90 Å². The van der Waals surface area contributed by atoms with Crippen molar-refractivity contribution in [1.82, 2.24) is 10.2 Å². The topological polar surface area (TPSA) is 67.9 Å². The Labute approximate surface area is 210 Å². The van der Waals surface area contributed by atoms with Crippen molar-refractivity contribution in [3.63, 3.8) is 0 Å². The predicted octanol–water partition coefficient (Wildman–Crippen LogP) is 5.61. The van der Waals surface area contributed by atoms with Crippen molar-refractivity contribution in [2.75, 3.05) is 13.2 Å². The molecule has 7 heteroatoms. The number of carbonyl (C=O) groups excluding carboxylic acids is 2. The van der Waals surface area contributed by atoms with Crippen molar-refractivity contribution in [2.45, 2.75) is 38.0 Å². The number of halogens is 1. The number of fused-ring (bicyclic) bond motifs is 1. The standard InChI is InChI=1S/C29H29FN2O4/c30-24-13-10-22(11-14-24)27-25-9-5-4-8-21(25)16-17-32(27)29(34)36-19-23-12-15-26(23)31-28(33)35-18-20-6-2-1-3-7-20/h1-11,13-14,23,26-27H,12,15-19H2,(H,31,33)/t23-,26-,27+/m1/s1. The third-order valence-corrected chi connectivity index (χ3v) is 7.06. The van der Waals surface area contributed by atoms with E-state index in [1.54, 1.807) is 17.0 Å². The summed E-state index contributed by atoms with van der Waals surface area (Å²) in [6.07, 6.45) is 1.53. The maximum Gasteiger partial charge on any atom is 0.410 e. The van der Waals surface area contributed by atoms with E-state index < -0.39 is 12.2 Å². The van der Waals surface area contributed by atoms with E-state index in [9.17, 15) is 14.0 Å². The average Bonchev–Trinajstić information content (AvgIpc) is 2.90. The number of amides is 2. The fourth-order valence-corrected chi connectivity index (χ4v) is 4.90. The number of nitrogens with one attached hydrogen (secondary N) is 1. The van der Waals surface area contributed by atoms with Crippen molar-refractivity contribution in [2.24, 2.45) is 5.92 Å². The molecule has 1 heterocycles. The van der Waals surface area contributed by atoms with Gasteiger partial charge in [0.05, 0.1) is 12.6 Å². The predicted molar refractivity (Wildman–Crippen MR) is 133 cm³/mol. The highest BCUT2D eigenvalue weighted by atomic mass is 19.1. The molecule has 5 rings (SSSR count). The van der Waals surface area contributed by atoms with Gasteiger partial charge in [0.25, 0.3) is 0 Å². The third-order valence-electron chi connectivity index (χ3n) is 7.06. The van der Waals surface area contributed by atoms with Gasteiger partial charge >= 0.3 is 12.2 Å². The molecule has 0 aromatic heterocycles. The summed E-state index contributed by atoms with van der Waals surface area (Å²) in [4.78, 5) is 27.1. The maximum absolute atomic E-state index is 13.6. The summed E-state index contributed by atoms with van der Waals surface area (Å²) < 4.78 is 24.6. The molecule has 1 aliphatic carbocycles. The first kappa shape index (κ1) is 23.9. The average molecular weight is 489 g/mol. The van der Waals surface area contributed by atoms with Crippen LogP contribution in [-0.4, -0.2) is 36.3 Å². The second-order valence-corrected chi connectivity index (χ2v) is 9.32. The Kier molecular flexibility index (Phi) is 7.16. The zero-order valence-corrected chi connectivity index (χ0v) is 19.9. The molecule has 1 saturated carbocycles. The summed E-state index contributed by atoms with van der Waals surface area (Å²) in [5.74, 6) is -0.276. The zero-order valence-electron chi connectivity index (χ0n) is 19.9. The van der Waals surface area contributed by atoms with Crippen LogP contribution in [0, 0.1) is 11.7 Å². The van der Waals surface area contributed by atoms with Crippen molar-refractivity contribution in [3.05, 3.63) is 107 Å². The van der Waals surface area contributed by atoms with Gasteiger partial charge in [0.2, 0.25) is 0 Å². The van der Waals surface area contributed by atoms with Crippen molar-refractivity contribution < 1.29 is 23.5 Å². The van der Waals surface area contributed by atoms with Crippen molar-refractivity contribution >= 4 is 12.2 Å². The number of hydrogen-bond donors (Lipinski definition) is 1. The molecule has 1 fully saturated rings. The Hall–Kier alpha value is -3.87. The van der Waals surface area contributed by atoms with Gasteiger partial charge in [-0.25, -0.2) is 14.0 Å². The highest BCUT2D eigenvalue weighted by molar-refractivity contribution is 5.70. The van der Waals surface area contributed by atoms with Crippen LogP contribution in [0.2, 0.25) is 0 Å². The Morgan fingerprint density at radius 1 is 0.917 bits per heavy atom. The zero-order chi connectivity index (χ0) is 24.9. The summed E-state index contributed by atoms with van der Waals surface area (Å²) in [5.41, 5.74) is 3.96. The molecule has 0 unspecified atom stereocenters. The molecule has 1 aliphatic heterocycles. The van der Waals surface area contributed by atoms with E-state index >= 15 is 0 Å². The lowest BCUT2D eigenvalue weighted by atomic mass is 9.80. The summed E-state index contributed by atoms with van der Waals surface area (Å²) in [6, 6.07) is 23.4. The van der Waals surface area contributed by atoms with Crippen LogP contribution >= 0.6 is 0 Å². The van der Waals surface area contributed by atoms with Gasteiger partial charge < -0.3 is 14.8 Å². The van der Waals surface area contributed by atoms with Crippen LogP contribution in [0.1, 0.15) is 41.1 Å². The van der Waals surface area contributed by atoms with Gasteiger partial charge in [-0.1, -0.05) is 66.7 Å². The first-order valence-electron chi connectivity index (χ1n) is 12.3. The fourth-order valence-electron chi connectivity index (χ4n) is 4.90. The van der Waals surface area contributed by atoms with E-state index in [0.717, 1.165) is 36.0 Å². The van der Waals surface area contributed by atoms with E-state index in [1.807, 2.05) is 48.5 Å². The molecule has 0 radical (unpaired) electrons. The number of hydrogen-bond acceptors (Lipinski definition) is 4. The first-order valence-corrected chi connectivity index (χ1v) is 12.3. The minimum atomic E-state index is -0.469.